The lowest BCUT2D eigenvalue weighted by Crippen LogP contribution is -2.47. The van der Waals surface area contributed by atoms with Gasteiger partial charge in [0.15, 0.2) is 6.10 Å². The van der Waals surface area contributed by atoms with Crippen molar-refractivity contribution in [1.29, 1.82) is 0 Å². The fraction of sp³-hybridized carbons (Fsp3) is 0.143. The molecule has 3 aromatic rings. The molecule has 0 heterocycles. The van der Waals surface area contributed by atoms with E-state index in [9.17, 15) is 14.0 Å². The number of fused-ring (bicyclic) bond motifs is 1. The quantitative estimate of drug-likeness (QED) is 0.682. The van der Waals surface area contributed by atoms with E-state index in [0.29, 0.717) is 5.75 Å². The first-order valence-electron chi connectivity index (χ1n) is 8.50. The Morgan fingerprint density at radius 1 is 0.963 bits per heavy atom. The van der Waals surface area contributed by atoms with Crippen molar-refractivity contribution >= 4 is 22.6 Å². The van der Waals surface area contributed by atoms with E-state index in [1.807, 2.05) is 42.5 Å². The van der Waals surface area contributed by atoms with Gasteiger partial charge in [0.1, 0.15) is 11.6 Å². The van der Waals surface area contributed by atoms with Gasteiger partial charge in [0, 0.05) is 0 Å². The van der Waals surface area contributed by atoms with Gasteiger partial charge in [-0.15, -0.1) is 0 Å². The summed E-state index contributed by atoms with van der Waals surface area (Å²) in [7, 11) is 0. The van der Waals surface area contributed by atoms with E-state index < -0.39 is 12.0 Å². The molecule has 0 saturated heterocycles. The Kier molecular flexibility index (Phi) is 5.66. The fourth-order valence-electron chi connectivity index (χ4n) is 2.67. The first-order chi connectivity index (χ1) is 13.0. The van der Waals surface area contributed by atoms with Crippen molar-refractivity contribution in [3.8, 4) is 5.75 Å². The molecule has 2 amide bonds. The van der Waals surface area contributed by atoms with E-state index in [0.717, 1.165) is 16.3 Å². The summed E-state index contributed by atoms with van der Waals surface area (Å²) in [6.45, 7) is 1.54. The SMILES string of the molecule is CC(Oc1ccc(F)cc1)C(=O)NNC(=O)Cc1cccc2ccccc12. The third-order valence-electron chi connectivity index (χ3n) is 4.05. The maximum atomic E-state index is 12.9. The monoisotopic (exact) mass is 366 g/mol. The van der Waals surface area contributed by atoms with Crippen LogP contribution in [0.4, 0.5) is 4.39 Å². The zero-order valence-electron chi connectivity index (χ0n) is 14.7. The minimum absolute atomic E-state index is 0.134. The van der Waals surface area contributed by atoms with Crippen LogP contribution in [-0.4, -0.2) is 17.9 Å². The third kappa shape index (κ3) is 4.82. The van der Waals surface area contributed by atoms with E-state index in [2.05, 4.69) is 10.9 Å². The van der Waals surface area contributed by atoms with Crippen LogP contribution in [0.5, 0.6) is 5.75 Å². The number of hydrazine groups is 1. The Morgan fingerprint density at radius 2 is 1.67 bits per heavy atom. The van der Waals surface area contributed by atoms with Gasteiger partial charge in [0.2, 0.25) is 5.91 Å². The topological polar surface area (TPSA) is 67.4 Å². The number of carbonyl (C=O) groups is 2. The molecule has 138 valence electrons. The van der Waals surface area contributed by atoms with Crippen LogP contribution in [0.2, 0.25) is 0 Å². The average molecular weight is 366 g/mol. The van der Waals surface area contributed by atoms with Gasteiger partial charge in [-0.3, -0.25) is 20.4 Å². The van der Waals surface area contributed by atoms with Crippen molar-refractivity contribution in [2.75, 3.05) is 0 Å². The molecule has 6 heteroatoms. The highest BCUT2D eigenvalue weighted by molar-refractivity contribution is 5.91. The van der Waals surface area contributed by atoms with E-state index >= 15 is 0 Å². The number of halogens is 1. The van der Waals surface area contributed by atoms with Crippen molar-refractivity contribution in [3.63, 3.8) is 0 Å². The third-order valence-corrected chi connectivity index (χ3v) is 4.05. The molecule has 0 aromatic heterocycles. The standard InChI is InChI=1S/C21H19FN2O3/c1-14(27-18-11-9-17(22)10-12-18)21(26)24-23-20(25)13-16-7-4-6-15-5-2-3-8-19(15)16/h2-12,14H,13H2,1H3,(H,23,25)(H,24,26). The molecule has 1 atom stereocenters. The molecule has 0 bridgehead atoms. The predicted octanol–water partition coefficient (Wildman–Crippen LogP) is 3.14. The normalized spacial score (nSPS) is 11.6. The Bertz CT molecular complexity index is 952. The second-order valence-electron chi connectivity index (χ2n) is 6.07. The molecule has 0 fully saturated rings. The van der Waals surface area contributed by atoms with Crippen molar-refractivity contribution in [2.24, 2.45) is 0 Å². The molecule has 1 unspecified atom stereocenters. The molecule has 0 aliphatic heterocycles. The number of carbonyl (C=O) groups excluding carboxylic acids is 2. The van der Waals surface area contributed by atoms with Crippen molar-refractivity contribution in [3.05, 3.63) is 78.1 Å². The smallest absolute Gasteiger partial charge is 0.279 e. The van der Waals surface area contributed by atoms with Crippen LogP contribution in [0.1, 0.15) is 12.5 Å². The Hall–Kier alpha value is -3.41. The van der Waals surface area contributed by atoms with Crippen LogP contribution in [0, 0.1) is 5.82 Å². The molecule has 0 radical (unpaired) electrons. The van der Waals surface area contributed by atoms with Crippen LogP contribution in [-0.2, 0) is 16.0 Å². The minimum atomic E-state index is -0.853. The largest absolute Gasteiger partial charge is 0.481 e. The predicted molar refractivity (Wildman–Crippen MR) is 100 cm³/mol. The maximum absolute atomic E-state index is 12.9. The highest BCUT2D eigenvalue weighted by atomic mass is 19.1. The molecule has 0 spiro atoms. The van der Waals surface area contributed by atoms with Crippen LogP contribution < -0.4 is 15.6 Å². The van der Waals surface area contributed by atoms with E-state index in [1.165, 1.54) is 31.2 Å². The van der Waals surface area contributed by atoms with Crippen molar-refractivity contribution in [1.82, 2.24) is 10.9 Å². The Morgan fingerprint density at radius 3 is 2.44 bits per heavy atom. The molecular formula is C21H19FN2O3. The molecule has 0 aliphatic carbocycles. The fourth-order valence-corrected chi connectivity index (χ4v) is 2.67. The van der Waals surface area contributed by atoms with Gasteiger partial charge in [-0.25, -0.2) is 4.39 Å². The number of nitrogens with one attached hydrogen (secondary N) is 2. The first-order valence-corrected chi connectivity index (χ1v) is 8.50. The van der Waals surface area contributed by atoms with Crippen LogP contribution in [0.25, 0.3) is 10.8 Å². The number of rotatable bonds is 5. The summed E-state index contributed by atoms with van der Waals surface area (Å²) in [6, 6.07) is 18.9. The van der Waals surface area contributed by atoms with Gasteiger partial charge >= 0.3 is 0 Å². The molecule has 0 aliphatic rings. The number of amides is 2. The molecule has 3 rings (SSSR count). The molecule has 27 heavy (non-hydrogen) atoms. The number of benzene rings is 3. The summed E-state index contributed by atoms with van der Waals surface area (Å²) >= 11 is 0. The lowest BCUT2D eigenvalue weighted by molar-refractivity contribution is -0.132. The Labute approximate surface area is 156 Å². The van der Waals surface area contributed by atoms with E-state index in [4.69, 9.17) is 4.74 Å². The zero-order valence-corrected chi connectivity index (χ0v) is 14.7. The molecule has 5 nitrogen and oxygen atoms in total. The number of hydrogen-bond acceptors (Lipinski definition) is 3. The highest BCUT2D eigenvalue weighted by Gasteiger charge is 2.16. The summed E-state index contributed by atoms with van der Waals surface area (Å²) < 4.78 is 18.3. The van der Waals surface area contributed by atoms with Crippen LogP contribution in [0.15, 0.2) is 66.7 Å². The van der Waals surface area contributed by atoms with Crippen LogP contribution >= 0.6 is 0 Å². The first kappa shape index (κ1) is 18.4. The van der Waals surface area contributed by atoms with Crippen LogP contribution in [0.3, 0.4) is 0 Å². The van der Waals surface area contributed by atoms with E-state index in [-0.39, 0.29) is 18.1 Å². The maximum Gasteiger partial charge on any atom is 0.279 e. The second kappa shape index (κ2) is 8.31. The molecule has 2 N–H and O–H groups in total. The summed E-state index contributed by atoms with van der Waals surface area (Å²) in [5.74, 6) is -0.874. The summed E-state index contributed by atoms with van der Waals surface area (Å²) in [4.78, 5) is 24.2. The highest BCUT2D eigenvalue weighted by Crippen LogP contribution is 2.18. The van der Waals surface area contributed by atoms with Gasteiger partial charge in [-0.2, -0.15) is 0 Å². The lowest BCUT2D eigenvalue weighted by atomic mass is 10.0. The zero-order chi connectivity index (χ0) is 19.2. The van der Waals surface area contributed by atoms with Crippen molar-refractivity contribution < 1.29 is 18.7 Å². The molecule has 0 saturated carbocycles. The average Bonchev–Trinajstić information content (AvgIpc) is 2.68. The van der Waals surface area contributed by atoms with Gasteiger partial charge < -0.3 is 4.74 Å². The molecule has 3 aromatic carbocycles. The van der Waals surface area contributed by atoms with Gasteiger partial charge in [-0.05, 0) is 47.5 Å². The van der Waals surface area contributed by atoms with Gasteiger partial charge in [-0.1, -0.05) is 42.5 Å². The number of ether oxygens (including phenoxy) is 1. The lowest BCUT2D eigenvalue weighted by Gasteiger charge is -2.15. The van der Waals surface area contributed by atoms with Gasteiger partial charge in [0.25, 0.3) is 5.91 Å². The van der Waals surface area contributed by atoms with E-state index in [1.54, 1.807) is 0 Å². The minimum Gasteiger partial charge on any atom is -0.481 e. The molecular weight excluding hydrogens is 347 g/mol. The second-order valence-corrected chi connectivity index (χ2v) is 6.07. The Balaban J connectivity index is 1.53. The van der Waals surface area contributed by atoms with Crippen molar-refractivity contribution in [2.45, 2.75) is 19.4 Å². The van der Waals surface area contributed by atoms with Gasteiger partial charge in [0.05, 0.1) is 6.42 Å². The summed E-state index contributed by atoms with van der Waals surface area (Å²) in [5.41, 5.74) is 5.61. The summed E-state index contributed by atoms with van der Waals surface area (Å²) in [5, 5.41) is 2.04. The summed E-state index contributed by atoms with van der Waals surface area (Å²) in [6.07, 6.45) is -0.720. The number of hydrogen-bond donors (Lipinski definition) is 2.